The van der Waals surface area contributed by atoms with Crippen LogP contribution in [0.15, 0.2) is 34.8 Å². The van der Waals surface area contributed by atoms with E-state index >= 15 is 0 Å². The molecule has 2 rings (SSSR count). The Morgan fingerprint density at radius 3 is 2.74 bits per heavy atom. The second kappa shape index (κ2) is 5.63. The molecule has 0 radical (unpaired) electrons. The Bertz CT molecular complexity index is 628. The highest BCUT2D eigenvalue weighted by Crippen LogP contribution is 2.27. The number of benzene rings is 1. The normalized spacial score (nSPS) is 10.3. The van der Waals surface area contributed by atoms with Gasteiger partial charge in [0.25, 0.3) is 0 Å². The Hall–Kier alpha value is -1.53. The van der Waals surface area contributed by atoms with Crippen LogP contribution in [-0.2, 0) is 0 Å². The maximum Gasteiger partial charge on any atom is 0.229 e. The number of pyridine rings is 1. The van der Waals surface area contributed by atoms with E-state index in [9.17, 15) is 4.39 Å². The van der Waals surface area contributed by atoms with E-state index in [0.717, 1.165) is 5.69 Å². The molecule has 0 aliphatic carbocycles. The highest BCUT2D eigenvalue weighted by Gasteiger charge is 2.10. The van der Waals surface area contributed by atoms with Gasteiger partial charge in [0.1, 0.15) is 16.6 Å². The number of ether oxygens (including phenoxy) is 1. The van der Waals surface area contributed by atoms with Gasteiger partial charge in [0.05, 0.1) is 5.56 Å². The molecular formula is C13H10BrFN2OS. The maximum atomic E-state index is 13.3. The molecule has 1 aromatic carbocycles. The quantitative estimate of drug-likeness (QED) is 0.865. The van der Waals surface area contributed by atoms with E-state index < -0.39 is 5.82 Å². The summed E-state index contributed by atoms with van der Waals surface area (Å²) >= 11 is 8.13. The fourth-order valence-corrected chi connectivity index (χ4v) is 2.10. The third-order valence-electron chi connectivity index (χ3n) is 2.32. The maximum absolute atomic E-state index is 13.3. The fraction of sp³-hybridized carbons (Fsp3) is 0.0769. The number of nitrogens with two attached hydrogens (primary N) is 1. The number of thiocarbonyl (C=S) groups is 1. The third-order valence-corrected chi connectivity index (χ3v) is 2.99. The number of aryl methyl sites for hydroxylation is 1. The summed E-state index contributed by atoms with van der Waals surface area (Å²) in [7, 11) is 0. The Morgan fingerprint density at radius 1 is 1.37 bits per heavy atom. The van der Waals surface area contributed by atoms with Crippen LogP contribution in [0.3, 0.4) is 0 Å². The molecular weight excluding hydrogens is 331 g/mol. The highest BCUT2D eigenvalue weighted by atomic mass is 79.9. The first-order valence-corrected chi connectivity index (χ1v) is 6.57. The van der Waals surface area contributed by atoms with Gasteiger partial charge in [-0.2, -0.15) is 0 Å². The number of aromatic nitrogens is 1. The zero-order chi connectivity index (χ0) is 14.0. The lowest BCUT2D eigenvalue weighted by atomic mass is 10.2. The Morgan fingerprint density at radius 2 is 2.11 bits per heavy atom. The molecule has 0 saturated heterocycles. The van der Waals surface area contributed by atoms with Crippen LogP contribution in [-0.4, -0.2) is 9.97 Å². The van der Waals surface area contributed by atoms with Gasteiger partial charge in [0, 0.05) is 16.2 Å². The van der Waals surface area contributed by atoms with E-state index in [0.29, 0.717) is 15.8 Å². The van der Waals surface area contributed by atoms with Crippen molar-refractivity contribution in [1.82, 2.24) is 4.98 Å². The van der Waals surface area contributed by atoms with Crippen molar-refractivity contribution in [2.45, 2.75) is 6.92 Å². The van der Waals surface area contributed by atoms with Crippen LogP contribution in [0.4, 0.5) is 4.39 Å². The van der Waals surface area contributed by atoms with Gasteiger partial charge in [-0.25, -0.2) is 9.37 Å². The van der Waals surface area contributed by atoms with Crippen LogP contribution >= 0.6 is 28.1 Å². The lowest BCUT2D eigenvalue weighted by molar-refractivity contribution is 0.455. The van der Waals surface area contributed by atoms with E-state index in [4.69, 9.17) is 22.7 Å². The van der Waals surface area contributed by atoms with Crippen molar-refractivity contribution in [2.75, 3.05) is 0 Å². The average Bonchev–Trinajstić information content (AvgIpc) is 2.26. The molecule has 0 unspecified atom stereocenters. The molecule has 0 saturated carbocycles. The molecule has 1 heterocycles. The van der Waals surface area contributed by atoms with Crippen molar-refractivity contribution >= 4 is 33.1 Å². The summed E-state index contributed by atoms with van der Waals surface area (Å²) in [6.07, 6.45) is 0. The summed E-state index contributed by atoms with van der Waals surface area (Å²) < 4.78 is 19.4. The van der Waals surface area contributed by atoms with Crippen LogP contribution in [0.5, 0.6) is 11.6 Å². The van der Waals surface area contributed by atoms with Crippen molar-refractivity contribution in [3.63, 3.8) is 0 Å². The second-order valence-corrected chi connectivity index (χ2v) is 5.23. The summed E-state index contributed by atoms with van der Waals surface area (Å²) in [5.41, 5.74) is 6.88. The van der Waals surface area contributed by atoms with Gasteiger partial charge in [-0.15, -0.1) is 0 Å². The first-order chi connectivity index (χ1) is 8.95. The number of halogens is 2. The lowest BCUT2D eigenvalue weighted by Gasteiger charge is -2.10. The van der Waals surface area contributed by atoms with E-state index in [1.165, 1.54) is 12.1 Å². The minimum Gasteiger partial charge on any atom is -0.438 e. The van der Waals surface area contributed by atoms with Crippen LogP contribution in [0.1, 0.15) is 11.3 Å². The molecule has 0 amide bonds. The monoisotopic (exact) mass is 340 g/mol. The first kappa shape index (κ1) is 13.9. The van der Waals surface area contributed by atoms with E-state index in [2.05, 4.69) is 20.9 Å². The van der Waals surface area contributed by atoms with Gasteiger partial charge < -0.3 is 10.5 Å². The zero-order valence-electron chi connectivity index (χ0n) is 9.98. The zero-order valence-corrected chi connectivity index (χ0v) is 12.4. The fourth-order valence-electron chi connectivity index (χ4n) is 1.50. The van der Waals surface area contributed by atoms with Crippen molar-refractivity contribution < 1.29 is 9.13 Å². The van der Waals surface area contributed by atoms with Crippen molar-refractivity contribution in [2.24, 2.45) is 5.73 Å². The molecule has 0 bridgehead atoms. The van der Waals surface area contributed by atoms with Crippen LogP contribution in [0.2, 0.25) is 0 Å². The van der Waals surface area contributed by atoms with Gasteiger partial charge in [-0.05, 0) is 31.2 Å². The third kappa shape index (κ3) is 3.48. The van der Waals surface area contributed by atoms with Crippen LogP contribution < -0.4 is 10.5 Å². The Balaban J connectivity index is 2.42. The highest BCUT2D eigenvalue weighted by molar-refractivity contribution is 9.10. The summed E-state index contributed by atoms with van der Waals surface area (Å²) in [6.45, 7) is 1.82. The number of hydrogen-bond acceptors (Lipinski definition) is 3. The van der Waals surface area contributed by atoms with E-state index in [-0.39, 0.29) is 10.9 Å². The molecule has 0 fully saturated rings. The SMILES string of the molecule is Cc1ccc(C(N)=S)c(Oc2cc(F)cc(Br)c2)n1. The predicted molar refractivity (Wildman–Crippen MR) is 79.0 cm³/mol. The molecule has 0 spiro atoms. The molecule has 0 atom stereocenters. The minimum absolute atomic E-state index is 0.179. The summed E-state index contributed by atoms with van der Waals surface area (Å²) in [4.78, 5) is 4.40. The molecule has 19 heavy (non-hydrogen) atoms. The minimum atomic E-state index is -0.408. The van der Waals surface area contributed by atoms with Crippen LogP contribution in [0.25, 0.3) is 0 Å². The number of rotatable bonds is 3. The largest absolute Gasteiger partial charge is 0.438 e. The molecule has 6 heteroatoms. The summed E-state index contributed by atoms with van der Waals surface area (Å²) in [5.74, 6) is 0.182. The molecule has 3 nitrogen and oxygen atoms in total. The van der Waals surface area contributed by atoms with Gasteiger partial charge >= 0.3 is 0 Å². The van der Waals surface area contributed by atoms with E-state index in [1.807, 2.05) is 6.92 Å². The Labute approximate surface area is 123 Å². The van der Waals surface area contributed by atoms with Crippen LogP contribution in [0, 0.1) is 12.7 Å². The molecule has 2 N–H and O–H groups in total. The second-order valence-electron chi connectivity index (χ2n) is 3.88. The molecule has 98 valence electrons. The van der Waals surface area contributed by atoms with Crippen molar-refractivity contribution in [3.05, 3.63) is 51.9 Å². The number of nitrogens with zero attached hydrogens (tertiary/aromatic N) is 1. The lowest BCUT2D eigenvalue weighted by Crippen LogP contribution is -2.12. The molecule has 1 aromatic heterocycles. The number of hydrogen-bond donors (Lipinski definition) is 1. The average molecular weight is 341 g/mol. The molecule has 2 aromatic rings. The van der Waals surface area contributed by atoms with Crippen molar-refractivity contribution in [3.8, 4) is 11.6 Å². The van der Waals surface area contributed by atoms with Gasteiger partial charge in [-0.1, -0.05) is 28.1 Å². The van der Waals surface area contributed by atoms with Gasteiger partial charge in [0.15, 0.2) is 0 Å². The van der Waals surface area contributed by atoms with Gasteiger partial charge in [0.2, 0.25) is 5.88 Å². The van der Waals surface area contributed by atoms with Gasteiger partial charge in [-0.3, -0.25) is 0 Å². The standard InChI is InChI=1S/C13H10BrFN2OS/c1-7-2-3-11(12(16)19)13(17-7)18-10-5-8(14)4-9(15)6-10/h2-6H,1H3,(H2,16,19). The Kier molecular flexibility index (Phi) is 4.11. The molecule has 0 aliphatic rings. The first-order valence-electron chi connectivity index (χ1n) is 5.37. The summed E-state index contributed by atoms with van der Waals surface area (Å²) in [6, 6.07) is 7.75. The summed E-state index contributed by atoms with van der Waals surface area (Å²) in [5, 5.41) is 0. The predicted octanol–water partition coefficient (Wildman–Crippen LogP) is 3.72. The topological polar surface area (TPSA) is 48.1 Å². The van der Waals surface area contributed by atoms with Crippen molar-refractivity contribution in [1.29, 1.82) is 0 Å². The smallest absolute Gasteiger partial charge is 0.229 e. The van der Waals surface area contributed by atoms with E-state index in [1.54, 1.807) is 18.2 Å². The molecule has 0 aliphatic heterocycles.